The molecule has 0 spiro atoms. The molecule has 0 saturated heterocycles. The fourth-order valence-corrected chi connectivity index (χ4v) is 1.67. The van der Waals surface area contributed by atoms with Crippen LogP contribution in [0.2, 0.25) is 0 Å². The summed E-state index contributed by atoms with van der Waals surface area (Å²) in [6.07, 6.45) is 3.69. The third-order valence-electron chi connectivity index (χ3n) is 2.75. The van der Waals surface area contributed by atoms with Gasteiger partial charge < -0.3 is 4.57 Å². The van der Waals surface area contributed by atoms with Gasteiger partial charge in [-0.3, -0.25) is 14.9 Å². The number of carbonyl (C=O) groups excluding carboxylic acids is 2. The Hall–Kier alpha value is -2.43. The lowest BCUT2D eigenvalue weighted by Crippen LogP contribution is -2.16. The van der Waals surface area contributed by atoms with Crippen LogP contribution in [0, 0.1) is 0 Å². The molecule has 0 radical (unpaired) electrons. The summed E-state index contributed by atoms with van der Waals surface area (Å²) in [6.45, 7) is 0. The number of amides is 1. The summed E-state index contributed by atoms with van der Waals surface area (Å²) < 4.78 is 1.71. The molecule has 0 fully saturated rings. The maximum atomic E-state index is 11.8. The summed E-state index contributed by atoms with van der Waals surface area (Å²) in [5, 5.41) is 2.66. The zero-order chi connectivity index (χ0) is 13.7. The Balaban J connectivity index is 1.84. The molecule has 0 aliphatic carbocycles. The van der Waals surface area contributed by atoms with Crippen molar-refractivity contribution < 1.29 is 9.59 Å². The van der Waals surface area contributed by atoms with E-state index in [1.54, 1.807) is 48.3 Å². The van der Waals surface area contributed by atoms with Crippen molar-refractivity contribution in [1.29, 1.82) is 0 Å². The smallest absolute Gasteiger partial charge is 0.227 e. The van der Waals surface area contributed by atoms with Gasteiger partial charge in [-0.2, -0.15) is 0 Å². The Labute approximate surface area is 111 Å². The normalized spacial score (nSPS) is 10.2. The topological polar surface area (TPSA) is 64.0 Å². The lowest BCUT2D eigenvalue weighted by atomic mass is 10.1. The Morgan fingerprint density at radius 3 is 2.58 bits per heavy atom. The molecule has 5 heteroatoms. The summed E-state index contributed by atoms with van der Waals surface area (Å²) in [5.41, 5.74) is 0.632. The predicted octanol–water partition coefficient (Wildman–Crippen LogP) is 2.02. The molecule has 98 valence electrons. The molecule has 1 N–H and O–H groups in total. The fourth-order valence-electron chi connectivity index (χ4n) is 1.67. The van der Waals surface area contributed by atoms with Crippen molar-refractivity contribution in [3.05, 3.63) is 48.3 Å². The number of ketones is 1. The van der Waals surface area contributed by atoms with Gasteiger partial charge in [-0.25, -0.2) is 4.98 Å². The van der Waals surface area contributed by atoms with E-state index in [4.69, 9.17) is 0 Å². The van der Waals surface area contributed by atoms with Crippen LogP contribution in [0.3, 0.4) is 0 Å². The number of Topliss-reactive ketones (excluding diaryl/α,β-unsaturated/α-hetero) is 1. The number of anilines is 1. The molecule has 1 amide bonds. The zero-order valence-corrected chi connectivity index (χ0v) is 10.7. The van der Waals surface area contributed by atoms with Crippen LogP contribution in [-0.2, 0) is 11.8 Å². The molecule has 1 aromatic heterocycles. The molecule has 0 atom stereocenters. The lowest BCUT2D eigenvalue weighted by molar-refractivity contribution is -0.116. The van der Waals surface area contributed by atoms with Gasteiger partial charge in [0, 0.05) is 37.8 Å². The SMILES string of the molecule is Cn1ccnc1NC(=O)CCC(=O)c1ccccc1. The lowest BCUT2D eigenvalue weighted by Gasteiger charge is -2.04. The van der Waals surface area contributed by atoms with Crippen molar-refractivity contribution in [2.24, 2.45) is 7.05 Å². The van der Waals surface area contributed by atoms with Gasteiger partial charge in [-0.1, -0.05) is 30.3 Å². The first-order chi connectivity index (χ1) is 9.16. The molecule has 2 aromatic rings. The highest BCUT2D eigenvalue weighted by molar-refractivity contribution is 5.99. The highest BCUT2D eigenvalue weighted by Gasteiger charge is 2.10. The molecule has 2 rings (SSSR count). The molecular formula is C14H15N3O2. The van der Waals surface area contributed by atoms with E-state index in [0.29, 0.717) is 11.5 Å². The van der Waals surface area contributed by atoms with Gasteiger partial charge in [-0.15, -0.1) is 0 Å². The Kier molecular flexibility index (Phi) is 4.07. The molecule has 0 bridgehead atoms. The fraction of sp³-hybridized carbons (Fsp3) is 0.214. The Morgan fingerprint density at radius 1 is 1.21 bits per heavy atom. The van der Waals surface area contributed by atoms with Crippen LogP contribution in [-0.4, -0.2) is 21.2 Å². The van der Waals surface area contributed by atoms with Crippen LogP contribution >= 0.6 is 0 Å². The zero-order valence-electron chi connectivity index (χ0n) is 10.7. The number of nitrogens with zero attached hydrogens (tertiary/aromatic N) is 2. The molecule has 0 aliphatic heterocycles. The van der Waals surface area contributed by atoms with Gasteiger partial charge in [0.25, 0.3) is 0 Å². The van der Waals surface area contributed by atoms with E-state index in [-0.39, 0.29) is 24.5 Å². The van der Waals surface area contributed by atoms with Gasteiger partial charge in [0.2, 0.25) is 11.9 Å². The van der Waals surface area contributed by atoms with E-state index in [1.165, 1.54) is 0 Å². The minimum absolute atomic E-state index is 0.0319. The molecule has 1 heterocycles. The van der Waals surface area contributed by atoms with E-state index in [0.717, 1.165) is 0 Å². The number of aromatic nitrogens is 2. The monoisotopic (exact) mass is 257 g/mol. The van der Waals surface area contributed by atoms with E-state index in [9.17, 15) is 9.59 Å². The summed E-state index contributed by atoms with van der Waals surface area (Å²) in [4.78, 5) is 27.5. The highest BCUT2D eigenvalue weighted by atomic mass is 16.2. The van der Waals surface area contributed by atoms with Crippen molar-refractivity contribution in [3.8, 4) is 0 Å². The van der Waals surface area contributed by atoms with Gasteiger partial charge in [-0.05, 0) is 0 Å². The van der Waals surface area contributed by atoms with E-state index in [2.05, 4.69) is 10.3 Å². The number of hydrogen-bond acceptors (Lipinski definition) is 3. The number of hydrogen-bond donors (Lipinski definition) is 1. The summed E-state index contributed by atoms with van der Waals surface area (Å²) in [6, 6.07) is 8.96. The number of carbonyl (C=O) groups is 2. The Bertz CT molecular complexity index is 575. The van der Waals surface area contributed by atoms with Crippen molar-refractivity contribution in [2.45, 2.75) is 12.8 Å². The van der Waals surface area contributed by atoms with Crippen LogP contribution in [0.25, 0.3) is 0 Å². The first-order valence-corrected chi connectivity index (χ1v) is 6.02. The minimum Gasteiger partial charge on any atom is -0.320 e. The molecule has 19 heavy (non-hydrogen) atoms. The van der Waals surface area contributed by atoms with E-state index in [1.807, 2.05) is 6.07 Å². The summed E-state index contributed by atoms with van der Waals surface area (Å²) in [7, 11) is 1.79. The minimum atomic E-state index is -0.210. The standard InChI is InChI=1S/C14H15N3O2/c1-17-10-9-15-14(17)16-13(19)8-7-12(18)11-5-3-2-4-6-11/h2-6,9-10H,7-8H2,1H3,(H,15,16,19). The summed E-state index contributed by atoms with van der Waals surface area (Å²) in [5.74, 6) is 0.242. The van der Waals surface area contributed by atoms with Crippen LogP contribution in [0.4, 0.5) is 5.95 Å². The highest BCUT2D eigenvalue weighted by Crippen LogP contribution is 2.07. The van der Waals surface area contributed by atoms with Crippen molar-refractivity contribution in [1.82, 2.24) is 9.55 Å². The number of rotatable bonds is 5. The third kappa shape index (κ3) is 3.51. The predicted molar refractivity (Wildman–Crippen MR) is 71.8 cm³/mol. The van der Waals surface area contributed by atoms with Gasteiger partial charge in [0.05, 0.1) is 0 Å². The molecule has 0 unspecified atom stereocenters. The Morgan fingerprint density at radius 2 is 1.95 bits per heavy atom. The number of imidazole rings is 1. The molecule has 1 aromatic carbocycles. The second-order valence-electron chi connectivity index (χ2n) is 4.20. The van der Waals surface area contributed by atoms with Crippen LogP contribution < -0.4 is 5.32 Å². The first-order valence-electron chi connectivity index (χ1n) is 6.02. The van der Waals surface area contributed by atoms with Crippen molar-refractivity contribution in [2.75, 3.05) is 5.32 Å². The molecule has 0 aliphatic rings. The van der Waals surface area contributed by atoms with E-state index >= 15 is 0 Å². The average molecular weight is 257 g/mol. The molecule has 0 saturated carbocycles. The number of aryl methyl sites for hydroxylation is 1. The van der Waals surface area contributed by atoms with Crippen LogP contribution in [0.5, 0.6) is 0 Å². The number of nitrogens with one attached hydrogen (secondary N) is 1. The third-order valence-corrected chi connectivity index (χ3v) is 2.75. The second-order valence-corrected chi connectivity index (χ2v) is 4.20. The maximum absolute atomic E-state index is 11.8. The summed E-state index contributed by atoms with van der Waals surface area (Å²) >= 11 is 0. The van der Waals surface area contributed by atoms with Crippen molar-refractivity contribution >= 4 is 17.6 Å². The van der Waals surface area contributed by atoms with Gasteiger partial charge in [0.1, 0.15) is 0 Å². The number of benzene rings is 1. The van der Waals surface area contributed by atoms with E-state index < -0.39 is 0 Å². The van der Waals surface area contributed by atoms with Crippen LogP contribution in [0.15, 0.2) is 42.7 Å². The van der Waals surface area contributed by atoms with Gasteiger partial charge >= 0.3 is 0 Å². The maximum Gasteiger partial charge on any atom is 0.227 e. The molecule has 5 nitrogen and oxygen atoms in total. The first kappa shape index (κ1) is 13.0. The van der Waals surface area contributed by atoms with Gasteiger partial charge in [0.15, 0.2) is 5.78 Å². The molecular weight excluding hydrogens is 242 g/mol. The second kappa shape index (κ2) is 5.95. The quantitative estimate of drug-likeness (QED) is 0.833. The van der Waals surface area contributed by atoms with Crippen LogP contribution in [0.1, 0.15) is 23.2 Å². The average Bonchev–Trinajstić information content (AvgIpc) is 2.82. The largest absolute Gasteiger partial charge is 0.320 e. The van der Waals surface area contributed by atoms with Crippen molar-refractivity contribution in [3.63, 3.8) is 0 Å².